The SMILES string of the molecule is N=CC(=CN)c1ccc2ncc(-c3ccc(C(=O)Nc4ccc(OC(F)(F)F)cc4)c(F)c3)n2c1. The minimum absolute atomic E-state index is 0.164. The number of pyridine rings is 1. The number of anilines is 1. The van der Waals surface area contributed by atoms with Gasteiger partial charge in [-0.15, -0.1) is 13.2 Å². The van der Waals surface area contributed by atoms with E-state index in [0.717, 1.165) is 18.3 Å². The van der Waals surface area contributed by atoms with E-state index in [2.05, 4.69) is 15.0 Å². The number of hydrogen-bond acceptors (Lipinski definition) is 5. The Morgan fingerprint density at radius 2 is 1.86 bits per heavy atom. The van der Waals surface area contributed by atoms with Crippen LogP contribution in [0.5, 0.6) is 5.75 Å². The molecule has 0 spiro atoms. The zero-order valence-corrected chi connectivity index (χ0v) is 17.8. The lowest BCUT2D eigenvalue weighted by atomic mass is 10.1. The number of rotatable bonds is 6. The number of hydrogen-bond donors (Lipinski definition) is 3. The van der Waals surface area contributed by atoms with Crippen molar-refractivity contribution in [2.75, 3.05) is 5.32 Å². The Bertz CT molecular complexity index is 1440. The number of fused-ring (bicyclic) bond motifs is 1. The van der Waals surface area contributed by atoms with Gasteiger partial charge in [0.05, 0.1) is 17.5 Å². The molecule has 0 aliphatic heterocycles. The second-order valence-corrected chi connectivity index (χ2v) is 7.28. The van der Waals surface area contributed by atoms with Crippen molar-refractivity contribution in [2.24, 2.45) is 5.73 Å². The average molecular weight is 483 g/mol. The molecular formula is C24H17F4N5O2. The Kier molecular flexibility index (Phi) is 6.24. The third-order valence-electron chi connectivity index (χ3n) is 5.03. The highest BCUT2D eigenvalue weighted by molar-refractivity contribution is 6.08. The molecular weight excluding hydrogens is 466 g/mol. The fourth-order valence-electron chi connectivity index (χ4n) is 3.39. The first-order valence-electron chi connectivity index (χ1n) is 10.1. The summed E-state index contributed by atoms with van der Waals surface area (Å²) in [5.74, 6) is -2.02. The molecule has 7 nitrogen and oxygen atoms in total. The summed E-state index contributed by atoms with van der Waals surface area (Å²) >= 11 is 0. The van der Waals surface area contributed by atoms with Gasteiger partial charge in [0, 0.05) is 41.0 Å². The molecule has 0 saturated heterocycles. The number of alkyl halides is 3. The fourth-order valence-corrected chi connectivity index (χ4v) is 3.39. The Morgan fingerprint density at radius 1 is 1.11 bits per heavy atom. The number of benzene rings is 2. The molecule has 0 aliphatic rings. The Balaban J connectivity index is 1.57. The molecule has 4 aromatic rings. The van der Waals surface area contributed by atoms with Gasteiger partial charge in [0.15, 0.2) is 0 Å². The largest absolute Gasteiger partial charge is 0.573 e. The molecule has 0 fully saturated rings. The summed E-state index contributed by atoms with van der Waals surface area (Å²) in [6.45, 7) is 0. The van der Waals surface area contributed by atoms with E-state index in [1.807, 2.05) is 0 Å². The third kappa shape index (κ3) is 5.13. The maximum absolute atomic E-state index is 14.9. The van der Waals surface area contributed by atoms with E-state index in [4.69, 9.17) is 11.1 Å². The highest BCUT2D eigenvalue weighted by Crippen LogP contribution is 2.27. The van der Waals surface area contributed by atoms with Crippen molar-refractivity contribution in [3.63, 3.8) is 0 Å². The van der Waals surface area contributed by atoms with Gasteiger partial charge in [0.25, 0.3) is 5.91 Å². The van der Waals surface area contributed by atoms with Crippen LogP contribution in [-0.4, -0.2) is 27.9 Å². The van der Waals surface area contributed by atoms with Crippen LogP contribution in [0.1, 0.15) is 15.9 Å². The molecule has 2 heterocycles. The standard InChI is InChI=1S/C24H17F4N5O2/c25-20-9-14(21-12-31-22-8-2-15(13-33(21)22)16(10-29)11-30)1-7-19(20)23(34)32-17-3-5-18(6-4-17)35-24(26,27)28/h1-13,29H,30H2,(H,32,34). The molecule has 4 rings (SSSR count). The van der Waals surface area contributed by atoms with E-state index < -0.39 is 23.8 Å². The van der Waals surface area contributed by atoms with Crippen LogP contribution in [0.3, 0.4) is 0 Å². The van der Waals surface area contributed by atoms with Gasteiger partial charge in [0.2, 0.25) is 0 Å². The fraction of sp³-hybridized carbons (Fsp3) is 0.0417. The molecule has 2 aromatic carbocycles. The highest BCUT2D eigenvalue weighted by atomic mass is 19.4. The monoisotopic (exact) mass is 483 g/mol. The summed E-state index contributed by atoms with van der Waals surface area (Å²) in [4.78, 5) is 16.8. The van der Waals surface area contributed by atoms with Crippen LogP contribution in [0.15, 0.2) is 73.2 Å². The molecule has 11 heteroatoms. The van der Waals surface area contributed by atoms with Gasteiger partial charge < -0.3 is 21.2 Å². The first-order chi connectivity index (χ1) is 16.7. The van der Waals surface area contributed by atoms with E-state index in [9.17, 15) is 22.4 Å². The molecule has 2 aromatic heterocycles. The molecule has 0 saturated carbocycles. The van der Waals surface area contributed by atoms with Crippen LogP contribution in [0, 0.1) is 11.2 Å². The molecule has 178 valence electrons. The van der Waals surface area contributed by atoms with Crippen molar-refractivity contribution in [1.29, 1.82) is 5.41 Å². The van der Waals surface area contributed by atoms with Gasteiger partial charge in [-0.1, -0.05) is 6.07 Å². The molecule has 35 heavy (non-hydrogen) atoms. The summed E-state index contributed by atoms with van der Waals surface area (Å²) in [6.07, 6.45) is 0.846. The summed E-state index contributed by atoms with van der Waals surface area (Å²) in [5, 5.41) is 9.90. The van der Waals surface area contributed by atoms with Crippen LogP contribution in [-0.2, 0) is 0 Å². The van der Waals surface area contributed by atoms with E-state index in [0.29, 0.717) is 28.0 Å². The smallest absolute Gasteiger partial charge is 0.406 e. The number of carbonyl (C=O) groups is 1. The van der Waals surface area contributed by atoms with E-state index in [1.165, 1.54) is 30.5 Å². The number of imidazole rings is 1. The molecule has 1 amide bonds. The van der Waals surface area contributed by atoms with E-state index in [1.54, 1.807) is 35.0 Å². The molecule has 0 aliphatic carbocycles. The number of amides is 1. The zero-order chi connectivity index (χ0) is 25.2. The number of ether oxygens (including phenoxy) is 1. The van der Waals surface area contributed by atoms with Gasteiger partial charge in [-0.25, -0.2) is 9.37 Å². The van der Waals surface area contributed by atoms with Crippen molar-refractivity contribution >= 4 is 29.0 Å². The number of nitrogens with one attached hydrogen (secondary N) is 2. The first-order valence-corrected chi connectivity index (χ1v) is 10.1. The van der Waals surface area contributed by atoms with Gasteiger partial charge in [0.1, 0.15) is 17.2 Å². The minimum atomic E-state index is -4.83. The third-order valence-corrected chi connectivity index (χ3v) is 5.03. The summed E-state index contributed by atoms with van der Waals surface area (Å²) in [7, 11) is 0. The number of halogens is 4. The second kappa shape index (κ2) is 9.29. The van der Waals surface area contributed by atoms with Crippen LogP contribution >= 0.6 is 0 Å². The Hall–Kier alpha value is -4.67. The lowest BCUT2D eigenvalue weighted by Crippen LogP contribution is -2.17. The van der Waals surface area contributed by atoms with Gasteiger partial charge in [-0.2, -0.15) is 0 Å². The van der Waals surface area contributed by atoms with Crippen LogP contribution in [0.2, 0.25) is 0 Å². The first kappa shape index (κ1) is 23.5. The normalized spacial score (nSPS) is 11.9. The van der Waals surface area contributed by atoms with Crippen LogP contribution in [0.25, 0.3) is 22.5 Å². The number of nitrogens with two attached hydrogens (primary N) is 1. The van der Waals surface area contributed by atoms with E-state index >= 15 is 0 Å². The number of allylic oxidation sites excluding steroid dienone is 1. The topological polar surface area (TPSA) is 106 Å². The van der Waals surface area contributed by atoms with Crippen LogP contribution in [0.4, 0.5) is 23.2 Å². The number of nitrogens with zero attached hydrogens (tertiary/aromatic N) is 2. The molecule has 0 atom stereocenters. The Labute approximate surface area is 196 Å². The molecule has 0 bridgehead atoms. The minimum Gasteiger partial charge on any atom is -0.406 e. The molecule has 0 radical (unpaired) electrons. The van der Waals surface area contributed by atoms with Gasteiger partial charge in [-0.3, -0.25) is 9.20 Å². The van der Waals surface area contributed by atoms with Crippen molar-refractivity contribution < 1.29 is 27.1 Å². The predicted molar refractivity (Wildman–Crippen MR) is 123 cm³/mol. The van der Waals surface area contributed by atoms with Crippen molar-refractivity contribution in [2.45, 2.75) is 6.36 Å². The van der Waals surface area contributed by atoms with Gasteiger partial charge in [-0.05, 0) is 48.5 Å². The highest BCUT2D eigenvalue weighted by Gasteiger charge is 2.31. The van der Waals surface area contributed by atoms with Crippen molar-refractivity contribution in [3.05, 3.63) is 90.1 Å². The van der Waals surface area contributed by atoms with Crippen LogP contribution < -0.4 is 15.8 Å². The second-order valence-electron chi connectivity index (χ2n) is 7.28. The predicted octanol–water partition coefficient (Wildman–Crippen LogP) is 5.24. The molecule has 0 unspecified atom stereocenters. The average Bonchev–Trinajstić information content (AvgIpc) is 3.23. The summed E-state index contributed by atoms with van der Waals surface area (Å²) < 4.78 is 57.2. The summed E-state index contributed by atoms with van der Waals surface area (Å²) in [6, 6.07) is 12.0. The van der Waals surface area contributed by atoms with Crippen molar-refractivity contribution in [1.82, 2.24) is 9.38 Å². The Morgan fingerprint density at radius 3 is 2.49 bits per heavy atom. The zero-order valence-electron chi connectivity index (χ0n) is 17.8. The lowest BCUT2D eigenvalue weighted by Gasteiger charge is -2.11. The maximum Gasteiger partial charge on any atom is 0.573 e. The van der Waals surface area contributed by atoms with Gasteiger partial charge >= 0.3 is 6.36 Å². The number of carbonyl (C=O) groups excluding carboxylic acids is 1. The molecule has 4 N–H and O–H groups in total. The quantitative estimate of drug-likeness (QED) is 0.258. The van der Waals surface area contributed by atoms with Crippen molar-refractivity contribution in [3.8, 4) is 17.0 Å². The van der Waals surface area contributed by atoms with E-state index in [-0.39, 0.29) is 11.3 Å². The summed E-state index contributed by atoms with van der Waals surface area (Å²) in [5.41, 5.74) is 8.21. The number of aromatic nitrogens is 2. The maximum atomic E-state index is 14.9. The lowest BCUT2D eigenvalue weighted by molar-refractivity contribution is -0.274.